The van der Waals surface area contributed by atoms with Crippen molar-refractivity contribution in [2.24, 2.45) is 5.92 Å². The summed E-state index contributed by atoms with van der Waals surface area (Å²) in [5, 5.41) is 8.71. The van der Waals surface area contributed by atoms with Crippen molar-refractivity contribution in [2.45, 2.75) is 37.4 Å². The molecule has 12 heteroatoms. The summed E-state index contributed by atoms with van der Waals surface area (Å²) in [6, 6.07) is 12.5. The molecular formula is C25H25F3N4O4S. The molecule has 0 spiro atoms. The molecule has 0 bridgehead atoms. The fraction of sp³-hybridized carbons (Fsp3) is 0.320. The first-order valence-electron chi connectivity index (χ1n) is 11.5. The molecule has 2 N–H and O–H groups in total. The van der Waals surface area contributed by atoms with Crippen LogP contribution in [0.3, 0.4) is 0 Å². The molecule has 1 saturated carbocycles. The van der Waals surface area contributed by atoms with Crippen LogP contribution in [0.15, 0.2) is 59.6 Å². The van der Waals surface area contributed by atoms with E-state index < -0.39 is 33.4 Å². The zero-order valence-electron chi connectivity index (χ0n) is 19.9. The van der Waals surface area contributed by atoms with Crippen molar-refractivity contribution in [3.63, 3.8) is 0 Å². The van der Waals surface area contributed by atoms with Gasteiger partial charge in [-0.05, 0) is 55.5 Å². The van der Waals surface area contributed by atoms with E-state index in [4.69, 9.17) is 5.11 Å². The molecule has 0 atom stereocenters. The second kappa shape index (κ2) is 10.4. The number of carboxylic acids is 1. The summed E-state index contributed by atoms with van der Waals surface area (Å²) in [5.74, 6) is -0.578. The van der Waals surface area contributed by atoms with Gasteiger partial charge in [0.05, 0.1) is 17.7 Å². The van der Waals surface area contributed by atoms with Gasteiger partial charge < -0.3 is 10.0 Å². The van der Waals surface area contributed by atoms with Gasteiger partial charge in [0.2, 0.25) is 0 Å². The lowest BCUT2D eigenvalue weighted by Crippen LogP contribution is -2.29. The molecule has 37 heavy (non-hydrogen) atoms. The third kappa shape index (κ3) is 6.56. The Morgan fingerprint density at radius 2 is 1.81 bits per heavy atom. The normalized spacial score (nSPS) is 13.8. The average Bonchev–Trinajstić information content (AvgIpc) is 3.65. The van der Waals surface area contributed by atoms with Crippen LogP contribution in [0.5, 0.6) is 0 Å². The van der Waals surface area contributed by atoms with E-state index in [9.17, 15) is 26.4 Å². The van der Waals surface area contributed by atoms with Crippen LogP contribution in [-0.4, -0.2) is 42.6 Å². The second-order valence-corrected chi connectivity index (χ2v) is 10.5. The van der Waals surface area contributed by atoms with Crippen molar-refractivity contribution < 1.29 is 31.5 Å². The Hall–Kier alpha value is -3.67. The maximum absolute atomic E-state index is 13.7. The van der Waals surface area contributed by atoms with Crippen molar-refractivity contribution in [3.05, 3.63) is 65.7 Å². The molecule has 2 heterocycles. The first-order valence-corrected chi connectivity index (χ1v) is 13.0. The maximum atomic E-state index is 13.7. The van der Waals surface area contributed by atoms with E-state index in [1.165, 1.54) is 18.2 Å². The first kappa shape index (κ1) is 26.4. The van der Waals surface area contributed by atoms with E-state index in [0.717, 1.165) is 25.0 Å². The highest BCUT2D eigenvalue weighted by Gasteiger charge is 2.35. The van der Waals surface area contributed by atoms with Crippen molar-refractivity contribution in [3.8, 4) is 11.3 Å². The molecule has 1 aliphatic carbocycles. The fourth-order valence-electron chi connectivity index (χ4n) is 3.85. The van der Waals surface area contributed by atoms with Crippen LogP contribution in [0.2, 0.25) is 0 Å². The number of hydrogen-bond donors (Lipinski definition) is 2. The minimum Gasteiger partial charge on any atom is -0.481 e. The number of rotatable bonds is 10. The van der Waals surface area contributed by atoms with Crippen LogP contribution in [0, 0.1) is 12.8 Å². The Bertz CT molecular complexity index is 1410. The van der Waals surface area contributed by atoms with Gasteiger partial charge in [0.1, 0.15) is 11.6 Å². The van der Waals surface area contributed by atoms with Gasteiger partial charge in [-0.3, -0.25) is 9.52 Å². The smallest absolute Gasteiger partial charge is 0.418 e. The minimum absolute atomic E-state index is 0.138. The SMILES string of the molecule is Cc1ccccc1-c1nc(NS(=O)(=O)c2cccc(N(CCC(=O)O)CC3CC3)n2)ccc1C(F)(F)F. The Morgan fingerprint density at radius 3 is 2.46 bits per heavy atom. The number of carbonyl (C=O) groups is 1. The quantitative estimate of drug-likeness (QED) is 0.378. The number of sulfonamides is 1. The van der Waals surface area contributed by atoms with Crippen LogP contribution < -0.4 is 9.62 Å². The third-order valence-corrected chi connectivity index (χ3v) is 7.17. The topological polar surface area (TPSA) is 112 Å². The molecule has 1 aromatic carbocycles. The van der Waals surface area contributed by atoms with Crippen LogP contribution in [-0.2, 0) is 21.0 Å². The van der Waals surface area contributed by atoms with E-state index in [2.05, 4.69) is 14.7 Å². The molecule has 0 unspecified atom stereocenters. The van der Waals surface area contributed by atoms with Crippen molar-refractivity contribution in [1.82, 2.24) is 9.97 Å². The number of anilines is 2. The summed E-state index contributed by atoms with van der Waals surface area (Å²) < 4.78 is 69.6. The lowest BCUT2D eigenvalue weighted by Gasteiger charge is -2.23. The highest BCUT2D eigenvalue weighted by atomic mass is 32.2. The van der Waals surface area contributed by atoms with Gasteiger partial charge in [-0.2, -0.15) is 21.6 Å². The Balaban J connectivity index is 1.65. The number of benzene rings is 1. The molecular weight excluding hydrogens is 509 g/mol. The number of nitrogens with one attached hydrogen (secondary N) is 1. The van der Waals surface area contributed by atoms with Crippen LogP contribution >= 0.6 is 0 Å². The number of nitrogens with zero attached hydrogens (tertiary/aromatic N) is 3. The highest BCUT2D eigenvalue weighted by Crippen LogP contribution is 2.38. The second-order valence-electron chi connectivity index (χ2n) is 8.88. The molecule has 0 radical (unpaired) electrons. The first-order chi connectivity index (χ1) is 17.4. The maximum Gasteiger partial charge on any atom is 0.418 e. The Labute approximate surface area is 212 Å². The number of halogens is 3. The largest absolute Gasteiger partial charge is 0.481 e. The van der Waals surface area contributed by atoms with E-state index in [-0.39, 0.29) is 29.4 Å². The molecule has 1 aliphatic rings. The monoisotopic (exact) mass is 534 g/mol. The van der Waals surface area contributed by atoms with Gasteiger partial charge >= 0.3 is 12.1 Å². The number of hydrogen-bond acceptors (Lipinski definition) is 6. The average molecular weight is 535 g/mol. The highest BCUT2D eigenvalue weighted by molar-refractivity contribution is 7.92. The summed E-state index contributed by atoms with van der Waals surface area (Å²) in [6.07, 6.45) is -2.82. The number of alkyl halides is 3. The lowest BCUT2D eigenvalue weighted by molar-refractivity contribution is -0.138. The number of aromatic nitrogens is 2. The minimum atomic E-state index is -4.70. The molecule has 4 rings (SSSR count). The van der Waals surface area contributed by atoms with Gasteiger partial charge in [-0.25, -0.2) is 9.97 Å². The Kier molecular flexibility index (Phi) is 7.39. The molecule has 0 saturated heterocycles. The Morgan fingerprint density at radius 1 is 1.08 bits per heavy atom. The molecule has 0 aliphatic heterocycles. The van der Waals surface area contributed by atoms with E-state index >= 15 is 0 Å². The molecule has 8 nitrogen and oxygen atoms in total. The number of carboxylic acid groups (broad SMARTS) is 1. The van der Waals surface area contributed by atoms with Crippen molar-refractivity contribution >= 4 is 27.6 Å². The molecule has 196 valence electrons. The molecule has 0 amide bonds. The lowest BCUT2D eigenvalue weighted by atomic mass is 10.0. The van der Waals surface area contributed by atoms with E-state index in [0.29, 0.717) is 23.8 Å². The van der Waals surface area contributed by atoms with Crippen molar-refractivity contribution in [1.29, 1.82) is 0 Å². The van der Waals surface area contributed by atoms with Crippen LogP contribution in [0.4, 0.5) is 24.8 Å². The molecule has 3 aromatic rings. The fourth-order valence-corrected chi connectivity index (χ4v) is 4.82. The van der Waals surface area contributed by atoms with Crippen LogP contribution in [0.25, 0.3) is 11.3 Å². The summed E-state index contributed by atoms with van der Waals surface area (Å²) >= 11 is 0. The zero-order valence-corrected chi connectivity index (χ0v) is 20.7. The third-order valence-electron chi connectivity index (χ3n) is 5.92. The summed E-state index contributed by atoms with van der Waals surface area (Å²) in [7, 11) is -4.32. The van der Waals surface area contributed by atoms with Gasteiger partial charge in [0.15, 0.2) is 5.03 Å². The van der Waals surface area contributed by atoms with E-state index in [1.807, 2.05) is 0 Å². The summed E-state index contributed by atoms with van der Waals surface area (Å²) in [4.78, 5) is 21.1. The standard InChI is InChI=1S/C25H25F3N4O4S/c1-16-5-2-3-6-18(16)24-19(25(26,27)28)11-12-20(29-24)31-37(35,36)22-8-4-7-21(30-22)32(14-13-23(33)34)15-17-9-10-17/h2-8,11-12,17H,9-10,13-15H2,1H3,(H,29,31)(H,33,34). The number of aryl methyl sites for hydroxylation is 1. The van der Waals surface area contributed by atoms with Crippen molar-refractivity contribution in [2.75, 3.05) is 22.7 Å². The number of pyridine rings is 2. The van der Waals surface area contributed by atoms with Gasteiger partial charge in [-0.1, -0.05) is 30.3 Å². The van der Waals surface area contributed by atoms with Gasteiger partial charge in [0.25, 0.3) is 10.0 Å². The van der Waals surface area contributed by atoms with Gasteiger partial charge in [0, 0.05) is 18.7 Å². The molecule has 2 aromatic heterocycles. The van der Waals surface area contributed by atoms with Crippen LogP contribution in [0.1, 0.15) is 30.4 Å². The summed E-state index contributed by atoms with van der Waals surface area (Å²) in [6.45, 7) is 2.36. The zero-order chi connectivity index (χ0) is 26.8. The predicted octanol–water partition coefficient (Wildman–Crippen LogP) is 4.96. The predicted molar refractivity (Wildman–Crippen MR) is 132 cm³/mol. The van der Waals surface area contributed by atoms with Gasteiger partial charge in [-0.15, -0.1) is 0 Å². The van der Waals surface area contributed by atoms with E-state index in [1.54, 1.807) is 36.1 Å². The summed E-state index contributed by atoms with van der Waals surface area (Å²) in [5.41, 5.74) is -0.604. The molecule has 1 fully saturated rings. The number of aliphatic carboxylic acids is 1.